The zero-order chi connectivity index (χ0) is 10.4. The van der Waals surface area contributed by atoms with Gasteiger partial charge in [-0.3, -0.25) is 0 Å². The van der Waals surface area contributed by atoms with Crippen molar-refractivity contribution in [1.82, 2.24) is 0 Å². The quantitative estimate of drug-likeness (QED) is 0.600. The fourth-order valence-electron chi connectivity index (χ4n) is 1.09. The van der Waals surface area contributed by atoms with Crippen LogP contribution in [0.2, 0.25) is 0 Å². The van der Waals surface area contributed by atoms with Gasteiger partial charge in [-0.25, -0.2) is 4.79 Å². The molecule has 3 nitrogen and oxygen atoms in total. The molecule has 0 unspecified atom stereocenters. The van der Waals surface area contributed by atoms with E-state index in [1.807, 2.05) is 12.1 Å². The third-order valence-electron chi connectivity index (χ3n) is 1.71. The molecule has 0 heterocycles. The first-order chi connectivity index (χ1) is 6.75. The normalized spacial score (nSPS) is 10.1. The molecule has 1 aromatic rings. The first-order valence-corrected chi connectivity index (χ1v) is 5.29. The number of carbonyl (C=O) groups is 1. The van der Waals surface area contributed by atoms with Crippen LogP contribution in [0.25, 0.3) is 0 Å². The maximum Gasteiger partial charge on any atom is 0.335 e. The minimum absolute atomic E-state index is 0.371. The number of methoxy groups -OCH3 is 1. The predicted octanol–water partition coefficient (Wildman–Crippen LogP) is 2.22. The summed E-state index contributed by atoms with van der Waals surface area (Å²) in [5.41, 5.74) is 1.21. The van der Waals surface area contributed by atoms with Crippen LogP contribution in [-0.2, 0) is 10.5 Å². The van der Waals surface area contributed by atoms with Crippen LogP contribution in [0.4, 0.5) is 0 Å². The number of benzene rings is 1. The van der Waals surface area contributed by atoms with Gasteiger partial charge < -0.3 is 9.84 Å². The first-order valence-electron chi connectivity index (χ1n) is 4.13. The Bertz CT molecular complexity index is 312. The van der Waals surface area contributed by atoms with E-state index < -0.39 is 5.97 Å². The van der Waals surface area contributed by atoms with E-state index in [-0.39, 0.29) is 0 Å². The molecule has 0 aliphatic heterocycles. The molecule has 0 fully saturated rings. The van der Waals surface area contributed by atoms with Gasteiger partial charge in [0.25, 0.3) is 0 Å². The Hall–Kier alpha value is -1.00. The number of aromatic carboxylic acids is 1. The minimum atomic E-state index is -0.876. The number of thioether (sulfide) groups is 1. The lowest BCUT2D eigenvalue weighted by Crippen LogP contribution is -2.01. The molecule has 0 saturated heterocycles. The van der Waals surface area contributed by atoms with Gasteiger partial charge >= 0.3 is 5.97 Å². The largest absolute Gasteiger partial charge is 0.478 e. The van der Waals surface area contributed by atoms with E-state index in [4.69, 9.17) is 9.84 Å². The fraction of sp³-hybridized carbons (Fsp3) is 0.300. The highest BCUT2D eigenvalue weighted by Crippen LogP contribution is 2.16. The molecule has 0 amide bonds. The fourth-order valence-corrected chi connectivity index (χ4v) is 1.81. The van der Waals surface area contributed by atoms with Crippen molar-refractivity contribution in [2.45, 2.75) is 5.75 Å². The second-order valence-electron chi connectivity index (χ2n) is 2.72. The van der Waals surface area contributed by atoms with Gasteiger partial charge in [0.05, 0.1) is 11.5 Å². The van der Waals surface area contributed by atoms with E-state index in [1.54, 1.807) is 31.0 Å². The molecule has 0 spiro atoms. The van der Waals surface area contributed by atoms with Crippen LogP contribution in [0.15, 0.2) is 24.3 Å². The van der Waals surface area contributed by atoms with Crippen LogP contribution in [0.5, 0.6) is 0 Å². The number of ether oxygens (including phenoxy) is 1. The van der Waals surface area contributed by atoms with Crippen LogP contribution in [0.1, 0.15) is 15.9 Å². The molecule has 76 valence electrons. The molecular weight excluding hydrogens is 200 g/mol. The van der Waals surface area contributed by atoms with Gasteiger partial charge in [0.2, 0.25) is 0 Å². The Balaban J connectivity index is 2.69. The highest BCUT2D eigenvalue weighted by atomic mass is 32.2. The summed E-state index contributed by atoms with van der Waals surface area (Å²) in [5.74, 6) is 0.364. The van der Waals surface area contributed by atoms with Crippen LogP contribution in [0, 0.1) is 0 Å². The monoisotopic (exact) mass is 212 g/mol. The van der Waals surface area contributed by atoms with Gasteiger partial charge in [0, 0.05) is 12.9 Å². The summed E-state index contributed by atoms with van der Waals surface area (Å²) in [4.78, 5) is 10.8. The van der Waals surface area contributed by atoms with Crippen molar-refractivity contribution in [3.05, 3.63) is 35.4 Å². The molecule has 14 heavy (non-hydrogen) atoms. The first kappa shape index (κ1) is 11.1. The molecule has 0 aliphatic carbocycles. The highest BCUT2D eigenvalue weighted by molar-refractivity contribution is 7.98. The molecule has 0 bridgehead atoms. The summed E-state index contributed by atoms with van der Waals surface area (Å²) >= 11 is 1.55. The standard InChI is InChI=1S/C10H12O3S/c1-13-7-14-6-8-4-2-3-5-9(8)10(11)12/h2-5H,6-7H2,1H3,(H,11,12). The van der Waals surface area contributed by atoms with Crippen LogP contribution in [-0.4, -0.2) is 24.1 Å². The average Bonchev–Trinajstić information content (AvgIpc) is 2.19. The number of carboxylic acids is 1. The maximum absolute atomic E-state index is 10.8. The zero-order valence-corrected chi connectivity index (χ0v) is 8.71. The van der Waals surface area contributed by atoms with Gasteiger partial charge in [0.15, 0.2) is 0 Å². The van der Waals surface area contributed by atoms with E-state index in [1.165, 1.54) is 0 Å². The van der Waals surface area contributed by atoms with E-state index in [0.717, 1.165) is 5.56 Å². The third-order valence-corrected chi connectivity index (χ3v) is 2.62. The SMILES string of the molecule is COCSCc1ccccc1C(=O)O. The molecule has 1 rings (SSSR count). The second kappa shape index (κ2) is 5.67. The summed E-state index contributed by atoms with van der Waals surface area (Å²) in [6.07, 6.45) is 0. The number of carboxylic acid groups (broad SMARTS) is 1. The molecule has 1 N–H and O–H groups in total. The van der Waals surface area contributed by atoms with Crippen molar-refractivity contribution >= 4 is 17.7 Å². The van der Waals surface area contributed by atoms with Crippen molar-refractivity contribution in [3.8, 4) is 0 Å². The molecule has 0 aromatic heterocycles. The number of hydrogen-bond acceptors (Lipinski definition) is 3. The van der Waals surface area contributed by atoms with Gasteiger partial charge in [0.1, 0.15) is 0 Å². The average molecular weight is 212 g/mol. The van der Waals surface area contributed by atoms with Crippen LogP contribution in [0.3, 0.4) is 0 Å². The minimum Gasteiger partial charge on any atom is -0.478 e. The summed E-state index contributed by atoms with van der Waals surface area (Å²) < 4.78 is 4.88. The van der Waals surface area contributed by atoms with Crippen molar-refractivity contribution < 1.29 is 14.6 Å². The van der Waals surface area contributed by atoms with E-state index in [0.29, 0.717) is 17.3 Å². The Morgan fingerprint density at radius 2 is 2.21 bits per heavy atom. The van der Waals surface area contributed by atoms with Crippen molar-refractivity contribution in [2.75, 3.05) is 13.0 Å². The van der Waals surface area contributed by atoms with E-state index in [2.05, 4.69) is 0 Å². The molecule has 0 atom stereocenters. The van der Waals surface area contributed by atoms with E-state index >= 15 is 0 Å². The lowest BCUT2D eigenvalue weighted by atomic mass is 10.1. The summed E-state index contributed by atoms with van der Waals surface area (Å²) in [6.45, 7) is 0. The topological polar surface area (TPSA) is 46.5 Å². The van der Waals surface area contributed by atoms with Crippen molar-refractivity contribution in [2.24, 2.45) is 0 Å². The van der Waals surface area contributed by atoms with Gasteiger partial charge in [-0.1, -0.05) is 18.2 Å². The summed E-state index contributed by atoms with van der Waals surface area (Å²) in [7, 11) is 1.62. The molecule has 0 saturated carbocycles. The predicted molar refractivity (Wildman–Crippen MR) is 56.6 cm³/mol. The van der Waals surface area contributed by atoms with Crippen molar-refractivity contribution in [1.29, 1.82) is 0 Å². The highest BCUT2D eigenvalue weighted by Gasteiger charge is 2.07. The Morgan fingerprint density at radius 3 is 2.86 bits per heavy atom. The zero-order valence-electron chi connectivity index (χ0n) is 7.90. The smallest absolute Gasteiger partial charge is 0.335 e. The molecular formula is C10H12O3S. The second-order valence-corrected chi connectivity index (χ2v) is 3.65. The van der Waals surface area contributed by atoms with E-state index in [9.17, 15) is 4.79 Å². The number of rotatable bonds is 5. The lowest BCUT2D eigenvalue weighted by Gasteiger charge is -2.04. The molecule has 1 aromatic carbocycles. The third kappa shape index (κ3) is 3.05. The summed E-state index contributed by atoms with van der Waals surface area (Å²) in [6, 6.07) is 7.01. The number of hydrogen-bond donors (Lipinski definition) is 1. The van der Waals surface area contributed by atoms with Crippen molar-refractivity contribution in [3.63, 3.8) is 0 Å². The molecule has 0 radical (unpaired) electrons. The van der Waals surface area contributed by atoms with Gasteiger partial charge in [-0.05, 0) is 11.6 Å². The van der Waals surface area contributed by atoms with Gasteiger partial charge in [-0.2, -0.15) is 0 Å². The Kier molecular flexibility index (Phi) is 4.49. The molecule has 4 heteroatoms. The summed E-state index contributed by atoms with van der Waals surface area (Å²) in [5, 5.41) is 8.88. The van der Waals surface area contributed by atoms with Gasteiger partial charge in [-0.15, -0.1) is 11.8 Å². The van der Waals surface area contributed by atoms with Crippen LogP contribution >= 0.6 is 11.8 Å². The Labute approximate surface area is 87.1 Å². The Morgan fingerprint density at radius 1 is 1.50 bits per heavy atom. The maximum atomic E-state index is 10.8. The van der Waals surface area contributed by atoms with Crippen LogP contribution < -0.4 is 0 Å². The molecule has 0 aliphatic rings. The lowest BCUT2D eigenvalue weighted by molar-refractivity contribution is 0.0696.